The largest absolute Gasteiger partial charge is 0.508 e. The quantitative estimate of drug-likeness (QED) is 0.192. The molecule has 272 valence electrons. The Hall–Kier alpha value is -3.85. The van der Waals surface area contributed by atoms with Gasteiger partial charge in [0, 0.05) is 24.8 Å². The number of hydrogen-bond donors (Lipinski definition) is 5. The van der Waals surface area contributed by atoms with Crippen molar-refractivity contribution in [2.45, 2.75) is 100 Å². The molecule has 8 rings (SSSR count). The van der Waals surface area contributed by atoms with E-state index in [1.807, 2.05) is 48.6 Å². The predicted molar refractivity (Wildman–Crippen MR) is 180 cm³/mol. The van der Waals surface area contributed by atoms with Gasteiger partial charge in [0.2, 0.25) is 11.8 Å². The van der Waals surface area contributed by atoms with Gasteiger partial charge in [-0.3, -0.25) is 19.2 Å². The van der Waals surface area contributed by atoms with E-state index in [2.05, 4.69) is 10.6 Å². The van der Waals surface area contributed by atoms with Crippen LogP contribution in [0.2, 0.25) is 0 Å². The highest BCUT2D eigenvalue weighted by atomic mass is 16.8. The maximum absolute atomic E-state index is 14.7. The van der Waals surface area contributed by atoms with Crippen LogP contribution in [-0.4, -0.2) is 99.7 Å². The first-order valence-corrected chi connectivity index (χ1v) is 18.0. The molecule has 3 aliphatic carbocycles. The number of carbonyl (C=O) groups is 3. The highest BCUT2D eigenvalue weighted by Crippen LogP contribution is 2.63. The van der Waals surface area contributed by atoms with Gasteiger partial charge < -0.3 is 40.2 Å². The van der Waals surface area contributed by atoms with Crippen molar-refractivity contribution in [3.05, 3.63) is 71.3 Å². The van der Waals surface area contributed by atoms with Crippen molar-refractivity contribution >= 4 is 23.9 Å². The molecule has 3 saturated carbocycles. The Balaban J connectivity index is 1.10. The molecule has 0 radical (unpaired) electrons. The van der Waals surface area contributed by atoms with Crippen molar-refractivity contribution in [1.29, 1.82) is 0 Å². The molecule has 2 aromatic rings. The number of phenols is 1. The molecule has 3 saturated heterocycles. The smallest absolute Gasteiger partial charge is 0.327 e. The number of nitrogens with one attached hydrogen (secondary N) is 2. The molecule has 6 aliphatic rings. The molecular weight excluding hydrogens is 658 g/mol. The summed E-state index contributed by atoms with van der Waals surface area (Å²) < 4.78 is 19.8. The molecule has 0 spiro atoms. The summed E-state index contributed by atoms with van der Waals surface area (Å²) >= 11 is 0. The van der Waals surface area contributed by atoms with Crippen molar-refractivity contribution in [2.24, 2.45) is 17.3 Å². The molecule has 6 fully saturated rings. The second-order valence-corrected chi connectivity index (χ2v) is 14.8. The molecular formula is C38H45N3O10. The number of aromatic hydroxyl groups is 1. The molecule has 8 atom stereocenters. The lowest BCUT2D eigenvalue weighted by atomic mass is 9.62. The number of nitrogens with zero attached hydrogens (tertiary/aromatic N) is 1. The Bertz CT molecular complexity index is 1700. The van der Waals surface area contributed by atoms with Crippen LogP contribution in [0.15, 0.2) is 54.6 Å². The van der Waals surface area contributed by atoms with Crippen LogP contribution in [0.5, 0.6) is 5.75 Å². The fourth-order valence-corrected chi connectivity index (χ4v) is 8.62. The number of esters is 1. The lowest BCUT2D eigenvalue weighted by molar-refractivity contribution is -0.235. The Morgan fingerprint density at radius 3 is 2.51 bits per heavy atom. The minimum absolute atomic E-state index is 0.0536. The molecule has 5 N–H and O–H groups in total. The van der Waals surface area contributed by atoms with E-state index in [1.54, 1.807) is 12.1 Å². The molecule has 2 bridgehead atoms. The van der Waals surface area contributed by atoms with Gasteiger partial charge in [-0.25, -0.2) is 0 Å². The third-order valence-corrected chi connectivity index (χ3v) is 11.3. The summed E-state index contributed by atoms with van der Waals surface area (Å²) in [5, 5.41) is 36.8. The van der Waals surface area contributed by atoms with Gasteiger partial charge in [-0.1, -0.05) is 54.6 Å². The van der Waals surface area contributed by atoms with E-state index in [-0.39, 0.29) is 43.7 Å². The lowest BCUT2D eigenvalue weighted by Gasteiger charge is -2.49. The fourth-order valence-electron chi connectivity index (χ4n) is 8.62. The van der Waals surface area contributed by atoms with Gasteiger partial charge in [0.15, 0.2) is 11.8 Å². The van der Waals surface area contributed by atoms with Crippen molar-refractivity contribution in [2.75, 3.05) is 13.2 Å². The number of fused-ring (bicyclic) bond motifs is 4. The van der Waals surface area contributed by atoms with E-state index >= 15 is 0 Å². The van der Waals surface area contributed by atoms with Crippen molar-refractivity contribution < 1.29 is 48.8 Å². The zero-order valence-electron chi connectivity index (χ0n) is 28.5. The standard InChI is InChI=1S/C38H45N3O10/c1-21(43)29(34(45)39-16-17-42)40-36(47)37-19-28-30-31(50-38(49-30,25-12-13-25)26-14-15-26)33(37)51-41(32(37)35(46)48-28)20-23-8-4-6-22(18-23)7-5-10-24-9-2-3-11-27(24)44/h2-9,11,18,21,25-26,28-33,42-44H,10,12-17,19-20H2,1H3,(H,39,45)(H,40,47). The molecule has 51 heavy (non-hydrogen) atoms. The van der Waals surface area contributed by atoms with Gasteiger partial charge in [-0.2, -0.15) is 5.06 Å². The molecule has 3 heterocycles. The molecule has 2 aromatic carbocycles. The van der Waals surface area contributed by atoms with Crippen LogP contribution in [0.4, 0.5) is 0 Å². The number of allylic oxidation sites excluding steroid dienone is 1. The Morgan fingerprint density at radius 2 is 1.80 bits per heavy atom. The maximum atomic E-state index is 14.7. The van der Waals surface area contributed by atoms with Gasteiger partial charge in [0.05, 0.1) is 19.3 Å². The van der Waals surface area contributed by atoms with Gasteiger partial charge >= 0.3 is 5.97 Å². The molecule has 0 aromatic heterocycles. The van der Waals surface area contributed by atoms with Crippen LogP contribution in [0, 0.1) is 17.3 Å². The number of rotatable bonds is 13. The number of phenolic OH excluding ortho intramolecular Hbond substituents is 1. The van der Waals surface area contributed by atoms with Gasteiger partial charge in [-0.15, -0.1) is 0 Å². The first-order valence-electron chi connectivity index (χ1n) is 18.0. The summed E-state index contributed by atoms with van der Waals surface area (Å²) in [6, 6.07) is 12.4. The van der Waals surface area contributed by atoms with Crippen LogP contribution < -0.4 is 10.6 Å². The van der Waals surface area contributed by atoms with E-state index in [4.69, 9.17) is 19.0 Å². The first-order chi connectivity index (χ1) is 24.6. The van der Waals surface area contributed by atoms with Crippen LogP contribution in [0.25, 0.3) is 6.08 Å². The fraction of sp³-hybridized carbons (Fsp3) is 0.553. The summed E-state index contributed by atoms with van der Waals surface area (Å²) in [7, 11) is 0. The zero-order valence-corrected chi connectivity index (χ0v) is 28.5. The second-order valence-electron chi connectivity index (χ2n) is 14.8. The number of aliphatic hydroxyl groups excluding tert-OH is 2. The van der Waals surface area contributed by atoms with Gasteiger partial charge in [0.1, 0.15) is 41.6 Å². The topological polar surface area (TPSA) is 176 Å². The van der Waals surface area contributed by atoms with Crippen LogP contribution in [0.1, 0.15) is 55.7 Å². The molecule has 13 heteroatoms. The molecule has 2 amide bonds. The molecule has 13 nitrogen and oxygen atoms in total. The summed E-state index contributed by atoms with van der Waals surface area (Å²) in [6.07, 6.45) is 4.13. The minimum atomic E-state index is -1.52. The summed E-state index contributed by atoms with van der Waals surface area (Å²) in [5.74, 6) is -2.04. The summed E-state index contributed by atoms with van der Waals surface area (Å²) in [4.78, 5) is 48.5. The van der Waals surface area contributed by atoms with Crippen LogP contribution >= 0.6 is 0 Å². The number of hydroxylamine groups is 2. The highest BCUT2D eigenvalue weighted by molar-refractivity contribution is 5.96. The lowest BCUT2D eigenvalue weighted by Crippen LogP contribution is -2.71. The number of carbonyl (C=O) groups excluding carboxylic acids is 3. The second kappa shape index (κ2) is 13.3. The third-order valence-electron chi connectivity index (χ3n) is 11.3. The maximum Gasteiger partial charge on any atom is 0.327 e. The Labute approximate surface area is 295 Å². The minimum Gasteiger partial charge on any atom is -0.508 e. The van der Waals surface area contributed by atoms with Gasteiger partial charge in [0.25, 0.3) is 0 Å². The van der Waals surface area contributed by atoms with E-state index in [0.29, 0.717) is 6.42 Å². The summed E-state index contributed by atoms with van der Waals surface area (Å²) in [6.45, 7) is 1.17. The van der Waals surface area contributed by atoms with Crippen molar-refractivity contribution in [3.8, 4) is 5.75 Å². The number of ether oxygens (including phenoxy) is 3. The number of benzene rings is 2. The average molecular weight is 704 g/mol. The normalized spacial score (nSPS) is 31.9. The first kappa shape index (κ1) is 34.2. The SMILES string of the molecule is CC(O)C(NC(=O)C12CC3OC(=O)C1N(Cc1cccc(C=CCc4ccccc4O)c1)OC2C1OC(C2CC2)(C2CC2)OC31)C(=O)NCCO. The predicted octanol–water partition coefficient (Wildman–Crippen LogP) is 1.72. The monoisotopic (exact) mass is 703 g/mol. The van der Waals surface area contributed by atoms with Crippen molar-refractivity contribution in [3.63, 3.8) is 0 Å². The summed E-state index contributed by atoms with van der Waals surface area (Å²) in [5.41, 5.74) is 1.01. The third kappa shape index (κ3) is 6.03. The van der Waals surface area contributed by atoms with E-state index in [0.717, 1.165) is 42.4 Å². The Kier molecular flexibility index (Phi) is 8.92. The number of hydrogen-bond acceptors (Lipinski definition) is 11. The van der Waals surface area contributed by atoms with Crippen LogP contribution in [-0.2, 0) is 46.4 Å². The van der Waals surface area contributed by atoms with Crippen molar-refractivity contribution in [1.82, 2.24) is 15.7 Å². The zero-order chi connectivity index (χ0) is 35.5. The van der Waals surface area contributed by atoms with Crippen LogP contribution in [0.3, 0.4) is 0 Å². The number of aliphatic hydroxyl groups is 2. The van der Waals surface area contributed by atoms with E-state index in [1.165, 1.54) is 12.0 Å². The molecule has 3 aliphatic heterocycles. The highest BCUT2D eigenvalue weighted by Gasteiger charge is 2.78. The Morgan fingerprint density at radius 1 is 1.06 bits per heavy atom. The molecule has 8 unspecified atom stereocenters. The van der Waals surface area contributed by atoms with E-state index < -0.39 is 71.6 Å². The number of para-hydroxylation sites is 1. The number of amides is 2. The van der Waals surface area contributed by atoms with E-state index in [9.17, 15) is 29.7 Å². The average Bonchev–Trinajstić information content (AvgIpc) is 4.06. The van der Waals surface area contributed by atoms with Gasteiger partial charge in [-0.05, 0) is 61.8 Å².